The van der Waals surface area contributed by atoms with Crippen LogP contribution >= 0.6 is 0 Å². The Hall–Kier alpha value is -1.76. The van der Waals surface area contributed by atoms with Crippen molar-refractivity contribution < 1.29 is 17.9 Å². The smallest absolute Gasteiger partial charge is 0.241 e. The quantitative estimate of drug-likeness (QED) is 0.889. The van der Waals surface area contributed by atoms with Crippen LogP contribution in [0.3, 0.4) is 0 Å². The summed E-state index contributed by atoms with van der Waals surface area (Å²) in [6.07, 6.45) is 0. The van der Waals surface area contributed by atoms with Crippen molar-refractivity contribution in [3.05, 3.63) is 65.0 Å². The van der Waals surface area contributed by atoms with Crippen LogP contribution in [0, 0.1) is 12.7 Å². The zero-order valence-electron chi connectivity index (χ0n) is 11.5. The number of rotatable bonds is 5. The lowest BCUT2D eigenvalue weighted by Gasteiger charge is -2.10. The third kappa shape index (κ3) is 3.87. The van der Waals surface area contributed by atoms with Crippen molar-refractivity contribution in [1.82, 2.24) is 4.72 Å². The predicted molar refractivity (Wildman–Crippen MR) is 77.5 cm³/mol. The van der Waals surface area contributed by atoms with Gasteiger partial charge in [0, 0.05) is 6.54 Å². The molecule has 2 aromatic rings. The second kappa shape index (κ2) is 6.34. The van der Waals surface area contributed by atoms with Crippen LogP contribution in [-0.2, 0) is 23.2 Å². The van der Waals surface area contributed by atoms with Crippen LogP contribution in [-0.4, -0.2) is 13.5 Å². The molecule has 2 rings (SSSR count). The van der Waals surface area contributed by atoms with Gasteiger partial charge in [-0.3, -0.25) is 0 Å². The van der Waals surface area contributed by atoms with Gasteiger partial charge in [0.25, 0.3) is 0 Å². The number of sulfonamides is 1. The molecule has 0 bridgehead atoms. The van der Waals surface area contributed by atoms with Crippen LogP contribution in [0.15, 0.2) is 47.4 Å². The van der Waals surface area contributed by atoms with Gasteiger partial charge in [-0.25, -0.2) is 17.5 Å². The van der Waals surface area contributed by atoms with Crippen molar-refractivity contribution in [2.75, 3.05) is 0 Å². The summed E-state index contributed by atoms with van der Waals surface area (Å²) in [6.45, 7) is 1.54. The van der Waals surface area contributed by atoms with E-state index in [1.807, 2.05) is 25.1 Å². The fourth-order valence-corrected chi connectivity index (χ4v) is 3.25. The normalized spacial score (nSPS) is 11.6. The Morgan fingerprint density at radius 1 is 1.19 bits per heavy atom. The van der Waals surface area contributed by atoms with E-state index in [2.05, 4.69) is 4.72 Å². The Balaban J connectivity index is 2.24. The Kier molecular flexibility index (Phi) is 4.72. The third-order valence-electron chi connectivity index (χ3n) is 3.04. The van der Waals surface area contributed by atoms with Gasteiger partial charge in [0.15, 0.2) is 0 Å². The SMILES string of the molecule is Cc1cccc(CNS(=O)(=O)c2cc(F)ccc2CO)c1. The van der Waals surface area contributed by atoms with Gasteiger partial charge >= 0.3 is 0 Å². The third-order valence-corrected chi connectivity index (χ3v) is 4.52. The summed E-state index contributed by atoms with van der Waals surface area (Å²) in [4.78, 5) is -0.238. The number of aliphatic hydroxyl groups is 1. The first-order chi connectivity index (χ1) is 9.92. The van der Waals surface area contributed by atoms with Gasteiger partial charge in [0.05, 0.1) is 11.5 Å². The number of aryl methyl sites for hydroxylation is 1. The van der Waals surface area contributed by atoms with E-state index in [0.717, 1.165) is 23.3 Å². The van der Waals surface area contributed by atoms with Crippen LogP contribution in [0.1, 0.15) is 16.7 Å². The molecule has 0 aliphatic heterocycles. The van der Waals surface area contributed by atoms with Crippen molar-refractivity contribution in [2.45, 2.75) is 25.0 Å². The van der Waals surface area contributed by atoms with Crippen LogP contribution in [0.25, 0.3) is 0 Å². The Labute approximate surface area is 123 Å². The van der Waals surface area contributed by atoms with Crippen LogP contribution in [0.2, 0.25) is 0 Å². The number of halogens is 1. The highest BCUT2D eigenvalue weighted by Crippen LogP contribution is 2.18. The lowest BCUT2D eigenvalue weighted by Crippen LogP contribution is -2.24. The first-order valence-corrected chi connectivity index (χ1v) is 7.85. The molecule has 21 heavy (non-hydrogen) atoms. The highest BCUT2D eigenvalue weighted by atomic mass is 32.2. The van der Waals surface area contributed by atoms with Gasteiger partial charge in [0.1, 0.15) is 5.82 Å². The second-order valence-electron chi connectivity index (χ2n) is 4.72. The zero-order chi connectivity index (χ0) is 15.5. The van der Waals surface area contributed by atoms with Crippen molar-refractivity contribution in [1.29, 1.82) is 0 Å². The Morgan fingerprint density at radius 3 is 2.62 bits per heavy atom. The van der Waals surface area contributed by atoms with E-state index in [-0.39, 0.29) is 17.0 Å². The highest BCUT2D eigenvalue weighted by molar-refractivity contribution is 7.89. The second-order valence-corrected chi connectivity index (χ2v) is 6.46. The number of benzene rings is 2. The molecule has 0 radical (unpaired) electrons. The molecule has 0 aliphatic rings. The molecule has 4 nitrogen and oxygen atoms in total. The molecule has 0 unspecified atom stereocenters. The molecule has 0 amide bonds. The van der Waals surface area contributed by atoms with E-state index in [1.54, 1.807) is 6.07 Å². The first-order valence-electron chi connectivity index (χ1n) is 6.37. The van der Waals surface area contributed by atoms with Crippen LogP contribution in [0.4, 0.5) is 4.39 Å². The summed E-state index contributed by atoms with van der Waals surface area (Å²) in [5.41, 5.74) is 1.99. The van der Waals surface area contributed by atoms with Gasteiger partial charge < -0.3 is 5.11 Å². The van der Waals surface area contributed by atoms with Gasteiger partial charge in [-0.05, 0) is 30.2 Å². The van der Waals surface area contributed by atoms with Gasteiger partial charge in [-0.1, -0.05) is 35.9 Å². The number of nitrogens with one attached hydrogen (secondary N) is 1. The maximum Gasteiger partial charge on any atom is 0.241 e. The average molecular weight is 309 g/mol. The largest absolute Gasteiger partial charge is 0.392 e. The molecule has 0 atom stereocenters. The van der Waals surface area contributed by atoms with Gasteiger partial charge in [0.2, 0.25) is 10.0 Å². The Morgan fingerprint density at radius 2 is 1.95 bits per heavy atom. The molecular weight excluding hydrogens is 293 g/mol. The zero-order valence-corrected chi connectivity index (χ0v) is 12.3. The minimum atomic E-state index is -3.89. The lowest BCUT2D eigenvalue weighted by atomic mass is 10.1. The fourth-order valence-electron chi connectivity index (χ4n) is 1.99. The van der Waals surface area contributed by atoms with Crippen molar-refractivity contribution >= 4 is 10.0 Å². The highest BCUT2D eigenvalue weighted by Gasteiger charge is 2.18. The molecule has 112 valence electrons. The van der Waals surface area contributed by atoms with Gasteiger partial charge in [-0.15, -0.1) is 0 Å². The molecule has 0 aromatic heterocycles. The first kappa shape index (κ1) is 15.6. The lowest BCUT2D eigenvalue weighted by molar-refractivity contribution is 0.278. The number of hydrogen-bond donors (Lipinski definition) is 2. The van der Waals surface area contributed by atoms with Crippen molar-refractivity contribution in [2.24, 2.45) is 0 Å². The minimum absolute atomic E-state index is 0.103. The molecule has 6 heteroatoms. The summed E-state index contributed by atoms with van der Waals surface area (Å²) in [5.74, 6) is -0.664. The minimum Gasteiger partial charge on any atom is -0.392 e. The molecule has 0 fully saturated rings. The van der Waals surface area contributed by atoms with E-state index >= 15 is 0 Å². The molecule has 0 aliphatic carbocycles. The van der Waals surface area contributed by atoms with E-state index in [9.17, 15) is 17.9 Å². The summed E-state index contributed by atoms with van der Waals surface area (Å²) in [7, 11) is -3.89. The van der Waals surface area contributed by atoms with Crippen molar-refractivity contribution in [3.8, 4) is 0 Å². The molecule has 2 N–H and O–H groups in total. The average Bonchev–Trinajstić information content (AvgIpc) is 2.45. The summed E-state index contributed by atoms with van der Waals surface area (Å²) in [6, 6.07) is 10.7. The number of aliphatic hydroxyl groups excluding tert-OH is 1. The van der Waals surface area contributed by atoms with E-state index in [1.165, 1.54) is 6.07 Å². The van der Waals surface area contributed by atoms with Crippen LogP contribution in [0.5, 0.6) is 0 Å². The molecular formula is C15H16FNO3S. The molecule has 2 aromatic carbocycles. The van der Waals surface area contributed by atoms with Gasteiger partial charge in [-0.2, -0.15) is 0 Å². The van der Waals surface area contributed by atoms with E-state index < -0.39 is 22.4 Å². The summed E-state index contributed by atoms with van der Waals surface area (Å²) < 4.78 is 40.1. The van der Waals surface area contributed by atoms with Crippen molar-refractivity contribution in [3.63, 3.8) is 0 Å². The predicted octanol–water partition coefficient (Wildman–Crippen LogP) is 2.10. The van der Waals surface area contributed by atoms with Crippen LogP contribution < -0.4 is 4.72 Å². The fraction of sp³-hybridized carbons (Fsp3) is 0.200. The van der Waals surface area contributed by atoms with E-state index in [0.29, 0.717) is 0 Å². The molecule has 0 spiro atoms. The van der Waals surface area contributed by atoms with E-state index in [4.69, 9.17) is 0 Å². The number of hydrogen-bond acceptors (Lipinski definition) is 3. The topological polar surface area (TPSA) is 66.4 Å². The summed E-state index contributed by atoms with van der Waals surface area (Å²) in [5, 5.41) is 9.18. The standard InChI is InChI=1S/C15H16FNO3S/c1-11-3-2-4-12(7-11)9-17-21(19,20)15-8-14(16)6-5-13(15)10-18/h2-8,17-18H,9-10H2,1H3. The Bertz CT molecular complexity index is 744. The summed E-state index contributed by atoms with van der Waals surface area (Å²) >= 11 is 0. The molecule has 0 saturated carbocycles. The molecule has 0 saturated heterocycles. The molecule has 0 heterocycles. The maximum absolute atomic E-state index is 13.3. The monoisotopic (exact) mass is 309 g/mol. The maximum atomic E-state index is 13.3.